The van der Waals surface area contributed by atoms with Gasteiger partial charge in [-0.25, -0.2) is 20.6 Å². The number of hydrogen-bond donors (Lipinski definition) is 3. The van der Waals surface area contributed by atoms with Crippen LogP contribution in [0.3, 0.4) is 0 Å². The molecule has 0 saturated carbocycles. The van der Waals surface area contributed by atoms with Crippen molar-refractivity contribution in [2.45, 2.75) is 25.3 Å². The van der Waals surface area contributed by atoms with Gasteiger partial charge < -0.3 is 10.0 Å². The number of benzene rings is 2. The summed E-state index contributed by atoms with van der Waals surface area (Å²) in [6, 6.07) is 14.4. The fourth-order valence-electron chi connectivity index (χ4n) is 4.72. The maximum atomic E-state index is 13.0. The van der Waals surface area contributed by atoms with Crippen molar-refractivity contribution in [2.24, 2.45) is 5.84 Å². The Morgan fingerprint density at radius 3 is 2.51 bits per heavy atom. The number of carbonyl (C=O) groups excluding carboxylic acids is 2. The van der Waals surface area contributed by atoms with Gasteiger partial charge in [0, 0.05) is 46.4 Å². The van der Waals surface area contributed by atoms with Gasteiger partial charge in [0.2, 0.25) is 0 Å². The minimum absolute atomic E-state index is 0.249. The molecule has 1 aliphatic heterocycles. The van der Waals surface area contributed by atoms with E-state index in [0.717, 1.165) is 18.4 Å². The van der Waals surface area contributed by atoms with Crippen LogP contribution in [0.2, 0.25) is 10.2 Å². The molecule has 1 fully saturated rings. The zero-order valence-electron chi connectivity index (χ0n) is 21.5. The molecule has 9 nitrogen and oxygen atoms in total. The number of nitrogens with zero attached hydrogens (tertiary/aromatic N) is 3. The molecule has 2 aromatic heterocycles. The van der Waals surface area contributed by atoms with E-state index in [1.165, 1.54) is 17.2 Å². The standard InChI is InChI=1S/C30H23Cl2N5O4/c31-23-13-20(29(39)37-12-2-1-3-26(37)30(40)41)11-10-18(23)7-4-17-5-8-19(9-6-17)24-14-21(28(38)36-33)22-16-34-27(32)15-25(22)35-24/h5-6,8-11,13-16,26H,1-3,12,33H2,(H,36,38)(H,40,41)/t26-/m0/s1. The van der Waals surface area contributed by atoms with Crippen molar-refractivity contribution in [3.8, 4) is 23.1 Å². The lowest BCUT2D eigenvalue weighted by atomic mass is 10.0. The van der Waals surface area contributed by atoms with Gasteiger partial charge in [0.15, 0.2) is 0 Å². The Bertz CT molecular complexity index is 1750. The minimum atomic E-state index is -1.00. The summed E-state index contributed by atoms with van der Waals surface area (Å²) in [5, 5.41) is 10.6. The number of halogens is 2. The predicted octanol–water partition coefficient (Wildman–Crippen LogP) is 4.69. The first-order valence-electron chi connectivity index (χ1n) is 12.7. The highest BCUT2D eigenvalue weighted by atomic mass is 35.5. The fraction of sp³-hybridized carbons (Fsp3) is 0.167. The molecule has 5 rings (SSSR count). The number of nitrogens with two attached hydrogens (primary N) is 1. The van der Waals surface area contributed by atoms with Gasteiger partial charge in [0.05, 0.1) is 21.8 Å². The van der Waals surface area contributed by atoms with Crippen LogP contribution in [0.5, 0.6) is 0 Å². The van der Waals surface area contributed by atoms with Crippen molar-refractivity contribution in [3.05, 3.63) is 93.2 Å². The number of aliphatic carboxylic acids is 1. The van der Waals surface area contributed by atoms with Crippen molar-refractivity contribution < 1.29 is 19.5 Å². The molecule has 0 aliphatic carbocycles. The molecular formula is C30H23Cl2N5O4. The minimum Gasteiger partial charge on any atom is -0.480 e. The summed E-state index contributed by atoms with van der Waals surface area (Å²) < 4.78 is 0. The third-order valence-electron chi connectivity index (χ3n) is 6.82. The molecule has 0 radical (unpaired) electrons. The molecule has 1 atom stereocenters. The van der Waals surface area contributed by atoms with Crippen LogP contribution in [-0.2, 0) is 4.79 Å². The average Bonchev–Trinajstić information content (AvgIpc) is 2.99. The van der Waals surface area contributed by atoms with Crippen LogP contribution >= 0.6 is 23.2 Å². The number of rotatable bonds is 4. The number of fused-ring (bicyclic) bond motifs is 1. The van der Waals surface area contributed by atoms with Crippen LogP contribution in [0.25, 0.3) is 22.2 Å². The van der Waals surface area contributed by atoms with E-state index < -0.39 is 17.9 Å². The van der Waals surface area contributed by atoms with Crippen molar-refractivity contribution in [1.29, 1.82) is 0 Å². The number of nitrogen functional groups attached to an aromatic ring is 1. The lowest BCUT2D eigenvalue weighted by Gasteiger charge is -2.33. The zero-order valence-corrected chi connectivity index (χ0v) is 23.0. The van der Waals surface area contributed by atoms with Crippen molar-refractivity contribution in [2.75, 3.05) is 6.54 Å². The maximum absolute atomic E-state index is 13.0. The molecule has 41 heavy (non-hydrogen) atoms. The molecule has 2 amide bonds. The Labute approximate surface area is 245 Å². The molecule has 4 aromatic rings. The van der Waals surface area contributed by atoms with Gasteiger partial charge in [-0.15, -0.1) is 0 Å². The van der Waals surface area contributed by atoms with Gasteiger partial charge in [0.25, 0.3) is 11.8 Å². The fourth-order valence-corrected chi connectivity index (χ4v) is 5.10. The summed E-state index contributed by atoms with van der Waals surface area (Å²) in [5.74, 6) is 9.60. The van der Waals surface area contributed by atoms with Crippen molar-refractivity contribution in [3.63, 3.8) is 0 Å². The number of likely N-dealkylation sites (tertiary alicyclic amines) is 1. The number of nitrogens with one attached hydrogen (secondary N) is 1. The van der Waals surface area contributed by atoms with E-state index in [1.807, 2.05) is 24.3 Å². The van der Waals surface area contributed by atoms with E-state index in [2.05, 4.69) is 27.2 Å². The van der Waals surface area contributed by atoms with Gasteiger partial charge in [-0.3, -0.25) is 15.0 Å². The van der Waals surface area contributed by atoms with Crippen molar-refractivity contribution >= 4 is 51.9 Å². The summed E-state index contributed by atoms with van der Waals surface area (Å²) in [6.07, 6.45) is 3.45. The van der Waals surface area contributed by atoms with Gasteiger partial charge in [-0.05, 0) is 55.7 Å². The number of hydrazine groups is 1. The Morgan fingerprint density at radius 1 is 1.02 bits per heavy atom. The number of carbonyl (C=O) groups is 3. The molecule has 1 saturated heterocycles. The lowest BCUT2D eigenvalue weighted by molar-refractivity contribution is -0.143. The Kier molecular flexibility index (Phi) is 8.17. The highest BCUT2D eigenvalue weighted by molar-refractivity contribution is 6.32. The second-order valence-corrected chi connectivity index (χ2v) is 10.2. The summed E-state index contributed by atoms with van der Waals surface area (Å²) >= 11 is 12.5. The topological polar surface area (TPSA) is 139 Å². The molecule has 3 heterocycles. The normalized spacial score (nSPS) is 14.7. The predicted molar refractivity (Wildman–Crippen MR) is 155 cm³/mol. The largest absolute Gasteiger partial charge is 0.480 e. The Balaban J connectivity index is 1.37. The first-order chi connectivity index (χ1) is 19.7. The third kappa shape index (κ3) is 6.00. The van der Waals surface area contributed by atoms with Gasteiger partial charge in [0.1, 0.15) is 11.2 Å². The second-order valence-electron chi connectivity index (χ2n) is 9.42. The summed E-state index contributed by atoms with van der Waals surface area (Å²) in [7, 11) is 0. The van der Waals surface area contributed by atoms with E-state index in [9.17, 15) is 19.5 Å². The van der Waals surface area contributed by atoms with E-state index in [0.29, 0.717) is 56.8 Å². The molecular weight excluding hydrogens is 565 g/mol. The highest BCUT2D eigenvalue weighted by Gasteiger charge is 2.32. The number of aromatic nitrogens is 2. The monoisotopic (exact) mass is 587 g/mol. The van der Waals surface area contributed by atoms with Crippen LogP contribution < -0.4 is 11.3 Å². The SMILES string of the molecule is NNC(=O)c1cc(-c2ccc(C#Cc3ccc(C(=O)N4CCCC[C@H]4C(=O)O)cc3Cl)cc2)nc2cc(Cl)ncc12. The molecule has 0 unspecified atom stereocenters. The zero-order chi connectivity index (χ0) is 29.1. The molecule has 0 spiro atoms. The second kappa shape index (κ2) is 11.9. The van der Waals surface area contributed by atoms with Crippen LogP contribution in [0.1, 0.15) is 51.1 Å². The lowest BCUT2D eigenvalue weighted by Crippen LogP contribution is -2.47. The van der Waals surface area contributed by atoms with Gasteiger partial charge in [-0.1, -0.05) is 47.2 Å². The highest BCUT2D eigenvalue weighted by Crippen LogP contribution is 2.27. The molecule has 1 aliphatic rings. The van der Waals surface area contributed by atoms with Crippen LogP contribution in [0.4, 0.5) is 0 Å². The van der Waals surface area contributed by atoms with Crippen molar-refractivity contribution in [1.82, 2.24) is 20.3 Å². The number of piperidine rings is 1. The molecule has 4 N–H and O–H groups in total. The van der Waals surface area contributed by atoms with Crippen LogP contribution in [-0.4, -0.2) is 50.3 Å². The molecule has 206 valence electrons. The molecule has 0 bridgehead atoms. The quantitative estimate of drug-likeness (QED) is 0.103. The number of carboxylic acids is 1. The number of amides is 2. The number of pyridine rings is 2. The van der Waals surface area contributed by atoms with Crippen LogP contribution in [0, 0.1) is 11.8 Å². The smallest absolute Gasteiger partial charge is 0.326 e. The van der Waals surface area contributed by atoms with E-state index in [4.69, 9.17) is 29.0 Å². The summed E-state index contributed by atoms with van der Waals surface area (Å²) in [5.41, 5.74) is 5.80. The number of hydrogen-bond acceptors (Lipinski definition) is 6. The van der Waals surface area contributed by atoms with E-state index in [-0.39, 0.29) is 11.1 Å². The van der Waals surface area contributed by atoms with Gasteiger partial charge in [-0.2, -0.15) is 0 Å². The maximum Gasteiger partial charge on any atom is 0.326 e. The molecule has 2 aromatic carbocycles. The third-order valence-corrected chi connectivity index (χ3v) is 7.34. The van der Waals surface area contributed by atoms with Crippen LogP contribution in [0.15, 0.2) is 60.8 Å². The number of carboxylic acid groups (broad SMARTS) is 1. The Morgan fingerprint density at radius 2 is 1.80 bits per heavy atom. The van der Waals surface area contributed by atoms with E-state index >= 15 is 0 Å². The first-order valence-corrected chi connectivity index (χ1v) is 13.4. The summed E-state index contributed by atoms with van der Waals surface area (Å²) in [6.45, 7) is 0.395. The van der Waals surface area contributed by atoms with Gasteiger partial charge >= 0.3 is 5.97 Å². The molecule has 11 heteroatoms. The first kappa shape index (κ1) is 28.1. The Hall–Kier alpha value is -4.49. The summed E-state index contributed by atoms with van der Waals surface area (Å²) in [4.78, 5) is 47.0. The van der Waals surface area contributed by atoms with E-state index in [1.54, 1.807) is 24.3 Å². The average molecular weight is 588 g/mol.